The van der Waals surface area contributed by atoms with Crippen molar-refractivity contribution in [2.24, 2.45) is 5.92 Å². The maximum Gasteiger partial charge on any atom is 0.306 e. The summed E-state index contributed by atoms with van der Waals surface area (Å²) >= 11 is 6.33. The molecule has 2 atom stereocenters. The summed E-state index contributed by atoms with van der Waals surface area (Å²) in [4.78, 5) is 17.9. The van der Waals surface area contributed by atoms with Gasteiger partial charge in [0.15, 0.2) is 0 Å². The first-order valence-corrected chi connectivity index (χ1v) is 11.1. The summed E-state index contributed by atoms with van der Waals surface area (Å²) < 4.78 is 11.1. The molecule has 8 heteroatoms. The molecule has 168 valence electrons. The van der Waals surface area contributed by atoms with Crippen LogP contribution in [0.5, 0.6) is 5.75 Å². The Morgan fingerprint density at radius 3 is 2.53 bits per heavy atom. The molecule has 1 unspecified atom stereocenters. The number of carboxylic acid groups (broad SMARTS) is 1. The molecule has 32 heavy (non-hydrogen) atoms. The summed E-state index contributed by atoms with van der Waals surface area (Å²) in [6, 6.07) is 13.5. The van der Waals surface area contributed by atoms with Crippen LogP contribution in [-0.4, -0.2) is 40.4 Å². The van der Waals surface area contributed by atoms with Crippen LogP contribution >= 0.6 is 11.6 Å². The topological polar surface area (TPSA) is 88.7 Å². The smallest absolute Gasteiger partial charge is 0.306 e. The highest BCUT2D eigenvalue weighted by Crippen LogP contribution is 2.33. The monoisotopic (exact) mass is 455 g/mol. The van der Waals surface area contributed by atoms with E-state index in [2.05, 4.69) is 15.0 Å². The number of hydrogen-bond donors (Lipinski definition) is 1. The van der Waals surface area contributed by atoms with Gasteiger partial charge in [-0.2, -0.15) is 4.98 Å². The van der Waals surface area contributed by atoms with Crippen molar-refractivity contribution < 1.29 is 19.2 Å². The Morgan fingerprint density at radius 1 is 1.19 bits per heavy atom. The Labute approximate surface area is 192 Å². The molecule has 1 heterocycles. The van der Waals surface area contributed by atoms with E-state index in [1.165, 1.54) is 0 Å². The molecule has 1 saturated carbocycles. The van der Waals surface area contributed by atoms with E-state index >= 15 is 0 Å². The van der Waals surface area contributed by atoms with Crippen molar-refractivity contribution in [2.75, 3.05) is 11.9 Å². The van der Waals surface area contributed by atoms with Crippen LogP contribution in [0.15, 0.2) is 47.0 Å². The number of halogens is 1. The maximum atomic E-state index is 11.2. The zero-order chi connectivity index (χ0) is 22.8. The molecule has 1 fully saturated rings. The van der Waals surface area contributed by atoms with Gasteiger partial charge in [-0.25, -0.2) is 0 Å². The average Bonchev–Trinajstić information content (AvgIpc) is 3.45. The van der Waals surface area contributed by atoms with Gasteiger partial charge in [0.05, 0.1) is 17.0 Å². The fourth-order valence-electron chi connectivity index (χ4n) is 4.03. The van der Waals surface area contributed by atoms with Crippen LogP contribution in [0.2, 0.25) is 5.02 Å². The van der Waals surface area contributed by atoms with Gasteiger partial charge in [0.2, 0.25) is 5.82 Å². The third kappa shape index (κ3) is 4.72. The largest absolute Gasteiger partial charge is 0.489 e. The van der Waals surface area contributed by atoms with Crippen molar-refractivity contribution in [1.82, 2.24) is 10.1 Å². The lowest BCUT2D eigenvalue weighted by Crippen LogP contribution is -2.29. The summed E-state index contributed by atoms with van der Waals surface area (Å²) in [6.45, 7) is 3.89. The number of rotatable bonds is 7. The first-order valence-electron chi connectivity index (χ1n) is 10.7. The van der Waals surface area contributed by atoms with Crippen LogP contribution < -0.4 is 9.64 Å². The summed E-state index contributed by atoms with van der Waals surface area (Å²) in [5.74, 6) is 0.528. The lowest BCUT2D eigenvalue weighted by atomic mass is 10.1. The Bertz CT molecular complexity index is 1100. The van der Waals surface area contributed by atoms with Crippen LogP contribution in [0, 0.1) is 5.92 Å². The second kappa shape index (κ2) is 9.20. The summed E-state index contributed by atoms with van der Waals surface area (Å²) in [5.41, 5.74) is 2.57. The van der Waals surface area contributed by atoms with Crippen molar-refractivity contribution in [1.29, 1.82) is 0 Å². The minimum Gasteiger partial charge on any atom is -0.489 e. The number of carbonyl (C=O) groups is 1. The third-order valence-electron chi connectivity index (χ3n) is 5.80. The SMILES string of the molecule is CC(C)Oc1ccc(-c2noc(-c3ccc(N(C)[C@H]4CCC(C(=O)O)C4)cc3)n2)cc1Cl. The normalized spacial score (nSPS) is 18.2. The van der Waals surface area contributed by atoms with E-state index in [1.54, 1.807) is 12.1 Å². The number of hydrogen-bond acceptors (Lipinski definition) is 6. The van der Waals surface area contributed by atoms with E-state index in [0.717, 1.165) is 29.7 Å². The van der Waals surface area contributed by atoms with E-state index in [1.807, 2.05) is 51.2 Å². The van der Waals surface area contributed by atoms with Gasteiger partial charge in [-0.1, -0.05) is 16.8 Å². The Kier molecular flexibility index (Phi) is 6.37. The molecule has 3 aromatic rings. The highest BCUT2D eigenvalue weighted by Gasteiger charge is 2.32. The number of nitrogens with zero attached hydrogens (tertiary/aromatic N) is 3. The average molecular weight is 456 g/mol. The van der Waals surface area contributed by atoms with Crippen molar-refractivity contribution in [2.45, 2.75) is 45.3 Å². The number of aromatic nitrogens is 2. The second-order valence-electron chi connectivity index (χ2n) is 8.39. The molecule has 0 spiro atoms. The first kappa shape index (κ1) is 22.1. The van der Waals surface area contributed by atoms with Crippen molar-refractivity contribution in [3.8, 4) is 28.6 Å². The van der Waals surface area contributed by atoms with Gasteiger partial charge >= 0.3 is 5.97 Å². The Hall–Kier alpha value is -3.06. The molecule has 0 amide bonds. The number of aliphatic carboxylic acids is 1. The predicted octanol–water partition coefficient (Wildman–Crippen LogP) is 5.53. The number of anilines is 1. The molecular formula is C24H26ClN3O4. The molecule has 1 aliphatic rings. The molecule has 0 aliphatic heterocycles. The van der Waals surface area contributed by atoms with Crippen LogP contribution in [0.3, 0.4) is 0 Å². The van der Waals surface area contributed by atoms with Gasteiger partial charge in [-0.05, 0) is 75.6 Å². The number of carboxylic acids is 1. The van der Waals surface area contributed by atoms with E-state index in [4.69, 9.17) is 20.9 Å². The van der Waals surface area contributed by atoms with Crippen LogP contribution in [0.25, 0.3) is 22.8 Å². The van der Waals surface area contributed by atoms with Gasteiger partial charge in [0, 0.05) is 29.9 Å². The zero-order valence-corrected chi connectivity index (χ0v) is 19.0. The molecule has 1 aromatic heterocycles. The van der Waals surface area contributed by atoms with E-state index in [0.29, 0.717) is 28.9 Å². The highest BCUT2D eigenvalue weighted by atomic mass is 35.5. The minimum absolute atomic E-state index is 0.0319. The zero-order valence-electron chi connectivity index (χ0n) is 18.3. The predicted molar refractivity (Wildman–Crippen MR) is 123 cm³/mol. The third-order valence-corrected chi connectivity index (χ3v) is 6.10. The second-order valence-corrected chi connectivity index (χ2v) is 8.80. The Balaban J connectivity index is 1.47. The van der Waals surface area contributed by atoms with Crippen LogP contribution in [-0.2, 0) is 4.79 Å². The molecule has 1 aliphatic carbocycles. The fraction of sp³-hybridized carbons (Fsp3) is 0.375. The van der Waals surface area contributed by atoms with Crippen molar-refractivity contribution in [3.05, 3.63) is 47.5 Å². The van der Waals surface area contributed by atoms with E-state index < -0.39 is 5.97 Å². The molecule has 0 bridgehead atoms. The molecule has 0 radical (unpaired) electrons. The quantitative estimate of drug-likeness (QED) is 0.500. The van der Waals surface area contributed by atoms with Crippen molar-refractivity contribution >= 4 is 23.3 Å². The summed E-state index contributed by atoms with van der Waals surface area (Å²) in [7, 11) is 2.01. The van der Waals surface area contributed by atoms with Crippen molar-refractivity contribution in [3.63, 3.8) is 0 Å². The van der Waals surface area contributed by atoms with Gasteiger partial charge < -0.3 is 19.3 Å². The molecular weight excluding hydrogens is 430 g/mol. The van der Waals surface area contributed by atoms with E-state index in [9.17, 15) is 9.90 Å². The van der Waals surface area contributed by atoms with Gasteiger partial charge in [-0.3, -0.25) is 4.79 Å². The summed E-state index contributed by atoms with van der Waals surface area (Å²) in [5, 5.41) is 13.8. The van der Waals surface area contributed by atoms with Gasteiger partial charge in [-0.15, -0.1) is 0 Å². The standard InChI is InChI=1S/C24H26ClN3O4/c1-14(2)31-21-11-7-16(13-20(21)25)22-26-23(32-27-22)15-4-8-18(9-5-15)28(3)19-10-6-17(12-19)24(29)30/h4-5,7-9,11,13-14,17,19H,6,10,12H2,1-3H3,(H,29,30)/t17?,19-/m0/s1. The van der Waals surface area contributed by atoms with E-state index in [-0.39, 0.29) is 18.1 Å². The molecule has 2 aromatic carbocycles. The maximum absolute atomic E-state index is 11.2. The lowest BCUT2D eigenvalue weighted by molar-refractivity contribution is -0.141. The molecule has 7 nitrogen and oxygen atoms in total. The lowest BCUT2D eigenvalue weighted by Gasteiger charge is -2.26. The fourth-order valence-corrected chi connectivity index (χ4v) is 4.26. The molecule has 0 saturated heterocycles. The summed E-state index contributed by atoms with van der Waals surface area (Å²) in [6.07, 6.45) is 2.31. The van der Waals surface area contributed by atoms with Crippen LogP contribution in [0.4, 0.5) is 5.69 Å². The highest BCUT2D eigenvalue weighted by molar-refractivity contribution is 6.32. The van der Waals surface area contributed by atoms with Gasteiger partial charge in [0.25, 0.3) is 5.89 Å². The first-order chi connectivity index (χ1) is 15.3. The molecule has 4 rings (SSSR count). The number of benzene rings is 2. The molecule has 1 N–H and O–H groups in total. The number of ether oxygens (including phenoxy) is 1. The Morgan fingerprint density at radius 2 is 1.91 bits per heavy atom. The van der Waals surface area contributed by atoms with Gasteiger partial charge in [0.1, 0.15) is 5.75 Å². The minimum atomic E-state index is -0.702. The van der Waals surface area contributed by atoms with Crippen LogP contribution in [0.1, 0.15) is 33.1 Å².